The molecule has 0 fully saturated rings. The number of aromatic nitrogens is 1. The average molecular weight is 299 g/mol. The highest BCUT2D eigenvalue weighted by Crippen LogP contribution is 2.18. The maximum Gasteiger partial charge on any atom is 0.337 e. The van der Waals surface area contributed by atoms with Gasteiger partial charge in [0.1, 0.15) is 5.82 Å². The molecule has 1 heterocycles. The lowest BCUT2D eigenvalue weighted by atomic mass is 10.2. The quantitative estimate of drug-likeness (QED) is 0.830. The Labute approximate surface area is 128 Å². The number of methoxy groups -OCH3 is 1. The van der Waals surface area contributed by atoms with Crippen LogP contribution < -0.4 is 10.6 Å². The largest absolute Gasteiger partial charge is 0.465 e. The fourth-order valence-corrected chi connectivity index (χ4v) is 1.78. The van der Waals surface area contributed by atoms with Gasteiger partial charge in [0.05, 0.1) is 24.6 Å². The van der Waals surface area contributed by atoms with Crippen LogP contribution in [0.2, 0.25) is 0 Å². The number of hydrogen-bond donors (Lipinski definition) is 2. The summed E-state index contributed by atoms with van der Waals surface area (Å²) in [5.74, 6) is 0.152. The highest BCUT2D eigenvalue weighted by molar-refractivity contribution is 5.91. The Balaban J connectivity index is 2.07. The number of ether oxygens (including phenoxy) is 1. The molecule has 22 heavy (non-hydrogen) atoms. The molecule has 0 bridgehead atoms. The molecule has 0 aliphatic heterocycles. The molecular formula is C16H17N3O3. The number of esters is 1. The number of benzene rings is 1. The summed E-state index contributed by atoms with van der Waals surface area (Å²) in [5, 5.41) is 5.81. The van der Waals surface area contributed by atoms with E-state index < -0.39 is 5.97 Å². The minimum absolute atomic E-state index is 0.0618. The minimum Gasteiger partial charge on any atom is -0.465 e. The Bertz CT molecular complexity index is 669. The first-order chi connectivity index (χ1) is 10.6. The second-order valence-electron chi connectivity index (χ2n) is 4.53. The van der Waals surface area contributed by atoms with Gasteiger partial charge in [0.2, 0.25) is 5.91 Å². The predicted molar refractivity (Wildman–Crippen MR) is 84.2 cm³/mol. The van der Waals surface area contributed by atoms with Gasteiger partial charge in [-0.15, -0.1) is 0 Å². The molecule has 0 aliphatic carbocycles. The van der Waals surface area contributed by atoms with Gasteiger partial charge < -0.3 is 15.4 Å². The maximum absolute atomic E-state index is 11.5. The second-order valence-corrected chi connectivity index (χ2v) is 4.53. The van der Waals surface area contributed by atoms with E-state index >= 15 is 0 Å². The molecular weight excluding hydrogens is 282 g/mol. The second kappa shape index (κ2) is 7.21. The van der Waals surface area contributed by atoms with Crippen molar-refractivity contribution in [2.75, 3.05) is 17.7 Å². The van der Waals surface area contributed by atoms with Gasteiger partial charge in [-0.05, 0) is 30.3 Å². The van der Waals surface area contributed by atoms with Gasteiger partial charge in [-0.1, -0.05) is 13.0 Å². The Kier molecular flexibility index (Phi) is 5.08. The molecule has 0 saturated carbocycles. The lowest BCUT2D eigenvalue weighted by Gasteiger charge is -2.08. The number of nitrogens with zero attached hydrogens (tertiary/aromatic N) is 1. The molecule has 2 N–H and O–H groups in total. The summed E-state index contributed by atoms with van der Waals surface area (Å²) >= 11 is 0. The Morgan fingerprint density at radius 2 is 2.00 bits per heavy atom. The number of amides is 1. The molecule has 2 aromatic rings. The van der Waals surface area contributed by atoms with Crippen LogP contribution in [0.1, 0.15) is 23.7 Å². The highest BCUT2D eigenvalue weighted by Gasteiger charge is 2.06. The lowest BCUT2D eigenvalue weighted by Crippen LogP contribution is -2.09. The molecule has 2 rings (SSSR count). The topological polar surface area (TPSA) is 80.3 Å². The first-order valence-electron chi connectivity index (χ1n) is 6.83. The smallest absolute Gasteiger partial charge is 0.337 e. The zero-order valence-electron chi connectivity index (χ0n) is 12.4. The Hall–Kier alpha value is -2.89. The zero-order valence-corrected chi connectivity index (χ0v) is 12.4. The molecule has 0 atom stereocenters. The monoisotopic (exact) mass is 299 g/mol. The number of rotatable bonds is 5. The molecule has 114 valence electrons. The van der Waals surface area contributed by atoms with Crippen molar-refractivity contribution < 1.29 is 14.3 Å². The summed E-state index contributed by atoms with van der Waals surface area (Å²) < 4.78 is 4.68. The third kappa shape index (κ3) is 4.05. The van der Waals surface area contributed by atoms with E-state index in [1.54, 1.807) is 43.5 Å². The van der Waals surface area contributed by atoms with Crippen LogP contribution in [0.3, 0.4) is 0 Å². The van der Waals surface area contributed by atoms with E-state index in [0.29, 0.717) is 23.5 Å². The summed E-state index contributed by atoms with van der Waals surface area (Å²) in [7, 11) is 1.34. The third-order valence-corrected chi connectivity index (χ3v) is 2.92. The van der Waals surface area contributed by atoms with E-state index in [4.69, 9.17) is 0 Å². The maximum atomic E-state index is 11.5. The van der Waals surface area contributed by atoms with Crippen molar-refractivity contribution in [2.45, 2.75) is 13.3 Å². The molecule has 6 nitrogen and oxygen atoms in total. The average Bonchev–Trinajstić information content (AvgIpc) is 2.56. The van der Waals surface area contributed by atoms with Gasteiger partial charge in [0, 0.05) is 12.1 Å². The van der Waals surface area contributed by atoms with Gasteiger partial charge in [0.15, 0.2) is 0 Å². The van der Waals surface area contributed by atoms with E-state index in [1.807, 2.05) is 6.07 Å². The van der Waals surface area contributed by atoms with Crippen LogP contribution in [0.25, 0.3) is 0 Å². The van der Waals surface area contributed by atoms with Gasteiger partial charge >= 0.3 is 5.97 Å². The number of hydrogen-bond acceptors (Lipinski definition) is 5. The molecule has 0 radical (unpaired) electrons. The van der Waals surface area contributed by atoms with E-state index in [9.17, 15) is 9.59 Å². The van der Waals surface area contributed by atoms with Crippen molar-refractivity contribution in [2.24, 2.45) is 0 Å². The Morgan fingerprint density at radius 1 is 1.18 bits per heavy atom. The summed E-state index contributed by atoms with van der Waals surface area (Å²) in [6.07, 6.45) is 1.99. The van der Waals surface area contributed by atoms with Crippen molar-refractivity contribution in [3.8, 4) is 0 Å². The van der Waals surface area contributed by atoms with Crippen molar-refractivity contribution >= 4 is 29.1 Å². The first-order valence-corrected chi connectivity index (χ1v) is 6.83. The normalized spacial score (nSPS) is 9.91. The number of anilines is 3. The predicted octanol–water partition coefficient (Wildman–Crippen LogP) is 2.96. The lowest BCUT2D eigenvalue weighted by molar-refractivity contribution is -0.115. The van der Waals surface area contributed by atoms with Crippen LogP contribution in [0.15, 0.2) is 42.6 Å². The zero-order chi connectivity index (χ0) is 15.9. The van der Waals surface area contributed by atoms with Crippen molar-refractivity contribution in [1.29, 1.82) is 0 Å². The number of carbonyl (C=O) groups is 2. The number of carbonyl (C=O) groups excluding carboxylic acids is 2. The van der Waals surface area contributed by atoms with Crippen molar-refractivity contribution in [3.05, 3.63) is 48.2 Å². The molecule has 6 heteroatoms. The summed E-state index contributed by atoms with van der Waals surface area (Å²) in [6, 6.07) is 10.4. The van der Waals surface area contributed by atoms with Gasteiger partial charge in [-0.3, -0.25) is 4.79 Å². The van der Waals surface area contributed by atoms with Crippen LogP contribution >= 0.6 is 0 Å². The van der Waals surface area contributed by atoms with E-state index in [0.717, 1.165) is 5.69 Å². The SMILES string of the molecule is CCC(=O)Nc1ccc(Nc2cccc(C(=O)OC)c2)nc1. The third-order valence-electron chi connectivity index (χ3n) is 2.92. The standard InChI is InChI=1S/C16H17N3O3/c1-3-15(20)19-13-7-8-14(17-10-13)18-12-6-4-5-11(9-12)16(21)22-2/h4-10H,3H2,1-2H3,(H,17,18)(H,19,20). The van der Waals surface area contributed by atoms with Crippen LogP contribution in [-0.2, 0) is 9.53 Å². The van der Waals surface area contributed by atoms with Gasteiger partial charge in [0.25, 0.3) is 0 Å². The molecule has 0 spiro atoms. The van der Waals surface area contributed by atoms with Crippen molar-refractivity contribution in [3.63, 3.8) is 0 Å². The number of pyridine rings is 1. The molecule has 0 saturated heterocycles. The van der Waals surface area contributed by atoms with Crippen LogP contribution in [0.5, 0.6) is 0 Å². The van der Waals surface area contributed by atoms with E-state index in [-0.39, 0.29) is 5.91 Å². The van der Waals surface area contributed by atoms with Crippen LogP contribution in [-0.4, -0.2) is 24.0 Å². The van der Waals surface area contributed by atoms with Crippen molar-refractivity contribution in [1.82, 2.24) is 4.98 Å². The fourth-order valence-electron chi connectivity index (χ4n) is 1.78. The molecule has 0 aliphatic rings. The highest BCUT2D eigenvalue weighted by atomic mass is 16.5. The summed E-state index contributed by atoms with van der Waals surface area (Å²) in [6.45, 7) is 1.78. The summed E-state index contributed by atoms with van der Waals surface area (Å²) in [4.78, 5) is 27.0. The van der Waals surface area contributed by atoms with Gasteiger partial charge in [-0.25, -0.2) is 9.78 Å². The first kappa shape index (κ1) is 15.5. The molecule has 1 aromatic carbocycles. The van der Waals surface area contributed by atoms with Crippen LogP contribution in [0, 0.1) is 0 Å². The van der Waals surface area contributed by atoms with E-state index in [1.165, 1.54) is 7.11 Å². The van der Waals surface area contributed by atoms with Gasteiger partial charge in [-0.2, -0.15) is 0 Å². The Morgan fingerprint density at radius 3 is 2.64 bits per heavy atom. The molecule has 1 aromatic heterocycles. The molecule has 1 amide bonds. The fraction of sp³-hybridized carbons (Fsp3) is 0.188. The minimum atomic E-state index is -0.394. The number of nitrogens with one attached hydrogen (secondary N) is 2. The molecule has 0 unspecified atom stereocenters. The summed E-state index contributed by atoms with van der Waals surface area (Å²) in [5.41, 5.74) is 1.82. The van der Waals surface area contributed by atoms with Crippen LogP contribution in [0.4, 0.5) is 17.2 Å². The van der Waals surface area contributed by atoms with E-state index in [2.05, 4.69) is 20.4 Å².